The summed E-state index contributed by atoms with van der Waals surface area (Å²) in [6, 6.07) is 28.4. The summed E-state index contributed by atoms with van der Waals surface area (Å²) in [7, 11) is 1.27. The Morgan fingerprint density at radius 3 is 1.67 bits per heavy atom. The molecule has 6 rings (SSSR count). The number of rotatable bonds is 10. The molecule has 0 amide bonds. The van der Waals surface area contributed by atoms with E-state index in [1.54, 1.807) is 24.3 Å². The first-order valence-electron chi connectivity index (χ1n) is 14.1. The predicted molar refractivity (Wildman–Crippen MR) is 167 cm³/mol. The van der Waals surface area contributed by atoms with E-state index in [1.807, 2.05) is 60.7 Å². The van der Waals surface area contributed by atoms with Gasteiger partial charge in [-0.25, -0.2) is 23.5 Å². The molecule has 0 aliphatic heterocycles. The maximum Gasteiger partial charge on any atom is 0.356 e. The number of aliphatic hydroxyl groups is 1. The number of aromatic amines is 2. The fraction of sp³-hybridized carbons (Fsp3) is 0.114. The van der Waals surface area contributed by atoms with E-state index in [4.69, 9.17) is 14.6 Å². The highest BCUT2D eigenvalue weighted by Gasteiger charge is 2.14. The molecule has 0 fully saturated rings. The number of halogens is 2. The number of hydrogen-bond donors (Lipinski definition) is 3. The summed E-state index contributed by atoms with van der Waals surface area (Å²) in [5.41, 5.74) is 3.31. The average molecular weight is 625 g/mol. The second-order valence-electron chi connectivity index (χ2n) is 9.88. The van der Waals surface area contributed by atoms with Gasteiger partial charge in [0.2, 0.25) is 0 Å². The lowest BCUT2D eigenvalue weighted by molar-refractivity contribution is 0.0594. The van der Waals surface area contributed by atoms with Crippen LogP contribution in [0.4, 0.5) is 8.78 Å². The van der Waals surface area contributed by atoms with E-state index in [1.165, 1.54) is 31.6 Å². The van der Waals surface area contributed by atoms with Gasteiger partial charge in [0.05, 0.1) is 42.9 Å². The standard InChI is InChI=1S/C18H15FN2O3.C17H15FN2O2/c1-23-18(22)16-10-20-17(21-16)14-8-7-13(9-15(14)19)24-11-12-5-3-2-4-6-12;18-16-8-14(22-11-12-4-2-1-3-5-12)6-7-15(16)17-19-9-13(10-21)20-17/h2-10H,11H2,1H3,(H,20,21);1-9,21H,10-11H2,(H,19,20). The smallest absolute Gasteiger partial charge is 0.356 e. The molecule has 0 bridgehead atoms. The van der Waals surface area contributed by atoms with Gasteiger partial charge in [0.1, 0.15) is 53.7 Å². The number of carbonyl (C=O) groups is 1. The first kappa shape index (κ1) is 31.6. The number of carbonyl (C=O) groups excluding carboxylic acids is 1. The van der Waals surface area contributed by atoms with Crippen LogP contribution < -0.4 is 9.47 Å². The van der Waals surface area contributed by atoms with Crippen molar-refractivity contribution in [1.82, 2.24) is 19.9 Å². The lowest BCUT2D eigenvalue weighted by Gasteiger charge is -2.08. The molecule has 0 aliphatic carbocycles. The van der Waals surface area contributed by atoms with Gasteiger partial charge in [-0.3, -0.25) is 0 Å². The Kier molecular flexibility index (Phi) is 10.5. The number of methoxy groups -OCH3 is 1. The summed E-state index contributed by atoms with van der Waals surface area (Å²) in [6.45, 7) is 0.578. The van der Waals surface area contributed by atoms with E-state index in [9.17, 15) is 13.6 Å². The van der Waals surface area contributed by atoms with E-state index < -0.39 is 17.6 Å². The van der Waals surface area contributed by atoms with Crippen LogP contribution in [0.15, 0.2) is 109 Å². The molecular weight excluding hydrogens is 594 g/mol. The molecule has 0 saturated heterocycles. The zero-order valence-corrected chi connectivity index (χ0v) is 24.7. The first-order valence-corrected chi connectivity index (χ1v) is 14.1. The zero-order valence-electron chi connectivity index (χ0n) is 24.7. The quantitative estimate of drug-likeness (QED) is 0.142. The summed E-state index contributed by atoms with van der Waals surface area (Å²) in [5, 5.41) is 9.00. The monoisotopic (exact) mass is 624 g/mol. The minimum atomic E-state index is -0.558. The number of ether oxygens (including phenoxy) is 3. The highest BCUT2D eigenvalue weighted by atomic mass is 19.1. The molecule has 0 spiro atoms. The van der Waals surface area contributed by atoms with Crippen molar-refractivity contribution in [3.63, 3.8) is 0 Å². The van der Waals surface area contributed by atoms with E-state index in [-0.39, 0.29) is 23.7 Å². The third kappa shape index (κ3) is 8.21. The molecule has 234 valence electrons. The fourth-order valence-electron chi connectivity index (χ4n) is 4.29. The molecule has 0 atom stereocenters. The van der Waals surface area contributed by atoms with Crippen LogP contribution >= 0.6 is 0 Å². The van der Waals surface area contributed by atoms with Crippen LogP contribution in [0.2, 0.25) is 0 Å². The van der Waals surface area contributed by atoms with Crippen LogP contribution in [0.3, 0.4) is 0 Å². The second-order valence-corrected chi connectivity index (χ2v) is 9.88. The Labute approximate surface area is 263 Å². The fourth-order valence-corrected chi connectivity index (χ4v) is 4.29. The molecule has 2 heterocycles. The third-order valence-corrected chi connectivity index (χ3v) is 6.67. The number of aromatic nitrogens is 4. The van der Waals surface area contributed by atoms with E-state index in [0.29, 0.717) is 41.8 Å². The van der Waals surface area contributed by atoms with Crippen molar-refractivity contribution >= 4 is 5.97 Å². The van der Waals surface area contributed by atoms with Gasteiger partial charge in [-0.1, -0.05) is 60.7 Å². The molecule has 9 nitrogen and oxygen atoms in total. The molecule has 0 unspecified atom stereocenters. The van der Waals surface area contributed by atoms with Gasteiger partial charge in [0, 0.05) is 12.1 Å². The predicted octanol–water partition coefficient (Wildman–Crippen LogP) is 6.87. The number of aliphatic hydroxyl groups excluding tert-OH is 1. The number of imidazole rings is 2. The number of benzene rings is 4. The SMILES string of the molecule is COC(=O)c1cnc(-c2ccc(OCc3ccccc3)cc2F)[nH]1.OCc1cnc(-c2ccc(OCc3ccccc3)cc2F)[nH]1. The van der Waals surface area contributed by atoms with Crippen LogP contribution in [0, 0.1) is 11.6 Å². The Balaban J connectivity index is 0.000000182. The number of nitrogens with one attached hydrogen (secondary N) is 2. The molecule has 3 N–H and O–H groups in total. The summed E-state index contributed by atoms with van der Waals surface area (Å²) in [6.07, 6.45) is 2.79. The van der Waals surface area contributed by atoms with Crippen molar-refractivity contribution in [1.29, 1.82) is 0 Å². The number of hydrogen-bond acceptors (Lipinski definition) is 7. The number of nitrogens with zero attached hydrogens (tertiary/aromatic N) is 2. The summed E-state index contributed by atoms with van der Waals surface area (Å²) in [5.74, 6) is 0.0326. The molecule has 4 aromatic carbocycles. The molecular formula is C35H30F2N4O5. The van der Waals surface area contributed by atoms with Crippen LogP contribution in [0.5, 0.6) is 11.5 Å². The Hall–Kier alpha value is -5.81. The molecule has 2 aromatic heterocycles. The second kappa shape index (κ2) is 15.3. The van der Waals surface area contributed by atoms with Crippen molar-refractivity contribution in [3.8, 4) is 34.3 Å². The van der Waals surface area contributed by atoms with E-state index in [0.717, 1.165) is 11.1 Å². The van der Waals surface area contributed by atoms with Gasteiger partial charge < -0.3 is 29.3 Å². The van der Waals surface area contributed by atoms with Crippen molar-refractivity contribution in [2.24, 2.45) is 0 Å². The van der Waals surface area contributed by atoms with Crippen molar-refractivity contribution in [3.05, 3.63) is 144 Å². The highest BCUT2D eigenvalue weighted by Crippen LogP contribution is 2.26. The largest absolute Gasteiger partial charge is 0.489 e. The Bertz CT molecular complexity index is 1880. The Morgan fingerprint density at radius 1 is 0.717 bits per heavy atom. The normalized spacial score (nSPS) is 10.5. The van der Waals surface area contributed by atoms with Crippen LogP contribution in [0.25, 0.3) is 22.8 Å². The summed E-state index contributed by atoms with van der Waals surface area (Å²) < 4.78 is 44.2. The van der Waals surface area contributed by atoms with Crippen molar-refractivity contribution < 1.29 is 32.9 Å². The van der Waals surface area contributed by atoms with Gasteiger partial charge >= 0.3 is 5.97 Å². The maximum atomic E-state index is 14.3. The van der Waals surface area contributed by atoms with E-state index >= 15 is 0 Å². The minimum Gasteiger partial charge on any atom is -0.489 e. The minimum absolute atomic E-state index is 0.160. The molecule has 46 heavy (non-hydrogen) atoms. The molecule has 6 aromatic rings. The van der Waals surface area contributed by atoms with Crippen LogP contribution in [0.1, 0.15) is 27.3 Å². The van der Waals surface area contributed by atoms with Crippen molar-refractivity contribution in [2.45, 2.75) is 19.8 Å². The number of esters is 1. The average Bonchev–Trinajstić information content (AvgIpc) is 3.78. The Morgan fingerprint density at radius 2 is 1.22 bits per heavy atom. The lowest BCUT2D eigenvalue weighted by Crippen LogP contribution is -2.01. The van der Waals surface area contributed by atoms with Crippen LogP contribution in [-0.4, -0.2) is 38.1 Å². The zero-order chi connectivity index (χ0) is 32.3. The van der Waals surface area contributed by atoms with Gasteiger partial charge in [-0.2, -0.15) is 0 Å². The topological polar surface area (TPSA) is 122 Å². The number of H-pyrrole nitrogens is 2. The lowest BCUT2D eigenvalue weighted by atomic mass is 10.2. The molecule has 0 saturated carbocycles. The molecule has 11 heteroatoms. The third-order valence-electron chi connectivity index (χ3n) is 6.67. The summed E-state index contributed by atoms with van der Waals surface area (Å²) in [4.78, 5) is 25.0. The summed E-state index contributed by atoms with van der Waals surface area (Å²) >= 11 is 0. The van der Waals surface area contributed by atoms with Gasteiger partial charge in [0.15, 0.2) is 0 Å². The van der Waals surface area contributed by atoms with Gasteiger partial charge in [-0.15, -0.1) is 0 Å². The molecule has 0 aliphatic rings. The van der Waals surface area contributed by atoms with Gasteiger partial charge in [0.25, 0.3) is 0 Å². The molecule has 0 radical (unpaired) electrons. The van der Waals surface area contributed by atoms with E-state index in [2.05, 4.69) is 24.7 Å². The maximum absolute atomic E-state index is 14.3. The van der Waals surface area contributed by atoms with Crippen molar-refractivity contribution in [2.75, 3.05) is 7.11 Å². The highest BCUT2D eigenvalue weighted by molar-refractivity contribution is 5.87. The first-order chi connectivity index (χ1) is 22.4. The van der Waals surface area contributed by atoms with Gasteiger partial charge in [-0.05, 0) is 35.4 Å². The van der Waals surface area contributed by atoms with Crippen LogP contribution in [-0.2, 0) is 24.6 Å².